The maximum atomic E-state index is 11.8. The van der Waals surface area contributed by atoms with Crippen LogP contribution in [0.2, 0.25) is 0 Å². The molecule has 0 bridgehead atoms. The van der Waals surface area contributed by atoms with Crippen LogP contribution in [0.25, 0.3) is 0 Å². The van der Waals surface area contributed by atoms with Gasteiger partial charge in [0.25, 0.3) is 0 Å². The van der Waals surface area contributed by atoms with Gasteiger partial charge in [-0.05, 0) is 24.6 Å². The summed E-state index contributed by atoms with van der Waals surface area (Å²) in [6.07, 6.45) is 0. The fourth-order valence-corrected chi connectivity index (χ4v) is 1.99. The van der Waals surface area contributed by atoms with Crippen LogP contribution in [0.5, 0.6) is 0 Å². The van der Waals surface area contributed by atoms with Crippen LogP contribution in [0.3, 0.4) is 0 Å². The molecule has 20 heavy (non-hydrogen) atoms. The van der Waals surface area contributed by atoms with E-state index in [-0.39, 0.29) is 12.5 Å². The molecule has 6 heteroatoms. The Morgan fingerprint density at radius 2 is 2.20 bits per heavy atom. The normalized spacial score (nSPS) is 10.2. The maximum Gasteiger partial charge on any atom is 0.239 e. The zero-order chi connectivity index (χ0) is 15.1. The minimum atomic E-state index is -0.0695. The first-order valence-electron chi connectivity index (χ1n) is 6.33. The predicted molar refractivity (Wildman–Crippen MR) is 85.2 cm³/mol. The number of nitrogens with zero attached hydrogens (tertiary/aromatic N) is 1. The maximum absolute atomic E-state index is 11.8. The Kier molecular flexibility index (Phi) is 6.41. The minimum Gasteiger partial charge on any atom is -0.389 e. The van der Waals surface area contributed by atoms with Crippen LogP contribution in [-0.4, -0.2) is 44.7 Å². The zero-order valence-corrected chi connectivity index (χ0v) is 12.9. The third-order valence-corrected chi connectivity index (χ3v) is 3.06. The molecular weight excluding hydrogens is 274 g/mol. The number of ether oxygens (including phenoxy) is 1. The highest BCUT2D eigenvalue weighted by molar-refractivity contribution is 7.80. The molecule has 0 radical (unpaired) electrons. The van der Waals surface area contributed by atoms with E-state index in [1.807, 2.05) is 37.1 Å². The Hall–Kier alpha value is -1.66. The van der Waals surface area contributed by atoms with Crippen LogP contribution in [-0.2, 0) is 9.53 Å². The predicted octanol–water partition coefficient (Wildman–Crippen LogP) is 0.828. The number of hydrogen-bond donors (Lipinski definition) is 2. The summed E-state index contributed by atoms with van der Waals surface area (Å²) in [6.45, 7) is 3.22. The monoisotopic (exact) mass is 295 g/mol. The Balaban J connectivity index is 2.76. The molecule has 0 saturated heterocycles. The number of thiocarbonyl (C=S) groups is 1. The van der Waals surface area contributed by atoms with Crippen molar-refractivity contribution in [3.63, 3.8) is 0 Å². The largest absolute Gasteiger partial charge is 0.389 e. The van der Waals surface area contributed by atoms with Crippen LogP contribution in [0, 0.1) is 6.92 Å². The molecule has 1 aromatic rings. The van der Waals surface area contributed by atoms with E-state index in [4.69, 9.17) is 22.7 Å². The number of aryl methyl sites for hydroxylation is 1. The second-order valence-corrected chi connectivity index (χ2v) is 5.02. The summed E-state index contributed by atoms with van der Waals surface area (Å²) in [7, 11) is 3.44. The van der Waals surface area contributed by atoms with Crippen LogP contribution in [0.4, 0.5) is 5.69 Å². The van der Waals surface area contributed by atoms with Crippen LogP contribution >= 0.6 is 12.2 Å². The number of amides is 1. The van der Waals surface area contributed by atoms with E-state index >= 15 is 0 Å². The number of likely N-dealkylation sites (N-methyl/N-ethyl adjacent to an activating group) is 1. The number of nitrogens with one attached hydrogen (secondary N) is 1. The van der Waals surface area contributed by atoms with Gasteiger partial charge in [-0.2, -0.15) is 0 Å². The molecule has 0 fully saturated rings. The number of rotatable bonds is 7. The lowest BCUT2D eigenvalue weighted by Gasteiger charge is -2.22. The Bertz CT molecular complexity index is 491. The highest BCUT2D eigenvalue weighted by atomic mass is 32.1. The second kappa shape index (κ2) is 7.81. The number of nitrogens with two attached hydrogens (primary N) is 1. The number of hydrogen-bond acceptors (Lipinski definition) is 4. The highest BCUT2D eigenvalue weighted by Gasteiger charge is 2.12. The molecule has 0 heterocycles. The Morgan fingerprint density at radius 1 is 1.50 bits per heavy atom. The lowest BCUT2D eigenvalue weighted by Crippen LogP contribution is -2.37. The van der Waals surface area contributed by atoms with Crippen molar-refractivity contribution in [3.05, 3.63) is 29.3 Å². The number of carbonyl (C=O) groups is 1. The SMILES string of the molecule is COCCNC(=O)CN(C)c1cc(C)ccc1C(N)=S. The topological polar surface area (TPSA) is 67.6 Å². The lowest BCUT2D eigenvalue weighted by molar-refractivity contribution is -0.119. The summed E-state index contributed by atoms with van der Waals surface area (Å²) in [5.41, 5.74) is 8.44. The molecular formula is C14H21N3O2S. The number of methoxy groups -OCH3 is 1. The molecule has 0 unspecified atom stereocenters. The Labute approximate surface area is 125 Å². The summed E-state index contributed by atoms with van der Waals surface area (Å²) in [6, 6.07) is 5.80. The van der Waals surface area contributed by atoms with Crippen molar-refractivity contribution < 1.29 is 9.53 Å². The van der Waals surface area contributed by atoms with Gasteiger partial charge in [-0.25, -0.2) is 0 Å². The van der Waals surface area contributed by atoms with Gasteiger partial charge in [-0.15, -0.1) is 0 Å². The highest BCUT2D eigenvalue weighted by Crippen LogP contribution is 2.21. The van der Waals surface area contributed by atoms with Crippen molar-refractivity contribution in [2.24, 2.45) is 5.73 Å². The van der Waals surface area contributed by atoms with E-state index in [9.17, 15) is 4.79 Å². The van der Waals surface area contributed by atoms with Gasteiger partial charge >= 0.3 is 0 Å². The average molecular weight is 295 g/mol. The molecule has 0 aliphatic heterocycles. The number of carbonyl (C=O) groups excluding carboxylic acids is 1. The fourth-order valence-electron chi connectivity index (χ4n) is 1.81. The van der Waals surface area contributed by atoms with E-state index < -0.39 is 0 Å². The molecule has 5 nitrogen and oxygen atoms in total. The molecule has 1 amide bonds. The number of benzene rings is 1. The first-order valence-corrected chi connectivity index (χ1v) is 6.73. The molecule has 1 rings (SSSR count). The van der Waals surface area contributed by atoms with E-state index in [0.29, 0.717) is 18.1 Å². The van der Waals surface area contributed by atoms with E-state index in [0.717, 1.165) is 16.8 Å². The Morgan fingerprint density at radius 3 is 2.80 bits per heavy atom. The molecule has 0 aromatic heterocycles. The zero-order valence-electron chi connectivity index (χ0n) is 12.1. The summed E-state index contributed by atoms with van der Waals surface area (Å²) in [4.78, 5) is 14.0. The quantitative estimate of drug-likeness (QED) is 0.576. The van der Waals surface area contributed by atoms with Crippen molar-refractivity contribution in [2.75, 3.05) is 38.8 Å². The summed E-state index contributed by atoms with van der Waals surface area (Å²) in [5.74, 6) is -0.0695. The molecule has 0 aliphatic rings. The molecule has 3 N–H and O–H groups in total. The van der Waals surface area contributed by atoms with E-state index in [2.05, 4.69) is 5.32 Å². The first-order chi connectivity index (χ1) is 9.45. The van der Waals surface area contributed by atoms with Gasteiger partial charge in [0.05, 0.1) is 13.2 Å². The smallest absolute Gasteiger partial charge is 0.239 e. The van der Waals surface area contributed by atoms with Crippen molar-refractivity contribution in [2.45, 2.75) is 6.92 Å². The van der Waals surface area contributed by atoms with Crippen molar-refractivity contribution >= 4 is 28.8 Å². The lowest BCUT2D eigenvalue weighted by atomic mass is 10.1. The summed E-state index contributed by atoms with van der Waals surface area (Å²) in [5, 5.41) is 2.78. The van der Waals surface area contributed by atoms with Gasteiger partial charge in [0.15, 0.2) is 0 Å². The third kappa shape index (κ3) is 4.79. The van der Waals surface area contributed by atoms with Gasteiger partial charge in [0, 0.05) is 32.0 Å². The molecule has 0 spiro atoms. The average Bonchev–Trinajstić information content (AvgIpc) is 2.38. The molecule has 0 saturated carbocycles. The van der Waals surface area contributed by atoms with Gasteiger partial charge in [0.2, 0.25) is 5.91 Å². The van der Waals surface area contributed by atoms with Crippen LogP contribution in [0.1, 0.15) is 11.1 Å². The molecule has 110 valence electrons. The van der Waals surface area contributed by atoms with E-state index in [1.165, 1.54) is 0 Å². The molecule has 1 aromatic carbocycles. The van der Waals surface area contributed by atoms with Crippen molar-refractivity contribution in [3.8, 4) is 0 Å². The molecule has 0 atom stereocenters. The van der Waals surface area contributed by atoms with Crippen molar-refractivity contribution in [1.29, 1.82) is 0 Å². The van der Waals surface area contributed by atoms with Crippen LogP contribution < -0.4 is 16.0 Å². The van der Waals surface area contributed by atoms with Gasteiger partial charge < -0.3 is 20.7 Å². The van der Waals surface area contributed by atoms with Gasteiger partial charge in [-0.1, -0.05) is 18.3 Å². The summed E-state index contributed by atoms with van der Waals surface area (Å²) >= 11 is 5.05. The third-order valence-electron chi connectivity index (χ3n) is 2.84. The fraction of sp³-hybridized carbons (Fsp3) is 0.429. The second-order valence-electron chi connectivity index (χ2n) is 4.58. The van der Waals surface area contributed by atoms with Gasteiger partial charge in [0.1, 0.15) is 4.99 Å². The molecule has 0 aliphatic carbocycles. The van der Waals surface area contributed by atoms with Crippen LogP contribution in [0.15, 0.2) is 18.2 Å². The first kappa shape index (κ1) is 16.4. The standard InChI is InChI=1S/C14H21N3O2S/c1-10-4-5-11(14(15)20)12(8-10)17(2)9-13(18)16-6-7-19-3/h4-5,8H,6-7,9H2,1-3H3,(H2,15,20)(H,16,18). The summed E-state index contributed by atoms with van der Waals surface area (Å²) < 4.78 is 4.89. The minimum absolute atomic E-state index is 0.0695. The van der Waals surface area contributed by atoms with Gasteiger partial charge in [-0.3, -0.25) is 4.79 Å². The van der Waals surface area contributed by atoms with Crippen molar-refractivity contribution in [1.82, 2.24) is 5.32 Å². The van der Waals surface area contributed by atoms with E-state index in [1.54, 1.807) is 7.11 Å². The number of anilines is 1.